The number of imidazole rings is 1. The summed E-state index contributed by atoms with van der Waals surface area (Å²) in [5.41, 5.74) is 2.57. The van der Waals surface area contributed by atoms with E-state index < -0.39 is 11.6 Å². The minimum absolute atomic E-state index is 0.0825. The number of halogens is 1. The molecule has 0 saturated heterocycles. The van der Waals surface area contributed by atoms with E-state index in [4.69, 9.17) is 5.11 Å². The summed E-state index contributed by atoms with van der Waals surface area (Å²) < 4.78 is 15.1. The van der Waals surface area contributed by atoms with E-state index in [2.05, 4.69) is 10.3 Å². The Hall–Kier alpha value is -2.37. The smallest absolute Gasteiger partial charge is 0.224 e. The van der Waals surface area contributed by atoms with Crippen LogP contribution in [0.1, 0.15) is 17.0 Å². The van der Waals surface area contributed by atoms with Gasteiger partial charge in [-0.3, -0.25) is 4.79 Å². The molecule has 0 bridgehead atoms. The van der Waals surface area contributed by atoms with Crippen LogP contribution in [0.4, 0.5) is 4.39 Å². The predicted molar refractivity (Wildman–Crippen MR) is 76.5 cm³/mol. The van der Waals surface area contributed by atoms with Gasteiger partial charge in [0.2, 0.25) is 5.91 Å². The van der Waals surface area contributed by atoms with Crippen molar-refractivity contribution in [3.8, 4) is 5.75 Å². The second-order valence-corrected chi connectivity index (χ2v) is 4.92. The van der Waals surface area contributed by atoms with E-state index in [1.165, 1.54) is 12.1 Å². The zero-order chi connectivity index (χ0) is 15.4. The molecule has 0 aliphatic carbocycles. The van der Waals surface area contributed by atoms with Gasteiger partial charge in [0.1, 0.15) is 0 Å². The lowest BCUT2D eigenvalue weighted by Gasteiger charge is -2.08. The van der Waals surface area contributed by atoms with Crippen molar-refractivity contribution in [1.82, 2.24) is 14.9 Å². The van der Waals surface area contributed by atoms with E-state index in [1.807, 2.05) is 18.4 Å². The van der Waals surface area contributed by atoms with Gasteiger partial charge in [0.15, 0.2) is 11.6 Å². The Bertz CT molecular complexity index is 652. The van der Waals surface area contributed by atoms with Crippen molar-refractivity contribution in [1.29, 1.82) is 0 Å². The number of nitrogens with one attached hydrogen (secondary N) is 1. The third-order valence-electron chi connectivity index (χ3n) is 3.40. The van der Waals surface area contributed by atoms with E-state index in [9.17, 15) is 9.18 Å². The zero-order valence-corrected chi connectivity index (χ0v) is 12.1. The lowest BCUT2D eigenvalue weighted by Crippen LogP contribution is -2.28. The SMILES string of the molecule is Cc1ncn(CCNC(=O)Cc2ccc(O)c(F)c2)c1C. The number of hydrogen-bond acceptors (Lipinski definition) is 3. The molecule has 1 aromatic carbocycles. The first-order valence-electron chi connectivity index (χ1n) is 6.70. The zero-order valence-electron chi connectivity index (χ0n) is 12.1. The van der Waals surface area contributed by atoms with Gasteiger partial charge < -0.3 is 15.0 Å². The molecule has 0 atom stereocenters. The van der Waals surface area contributed by atoms with Crippen LogP contribution < -0.4 is 5.32 Å². The van der Waals surface area contributed by atoms with Crippen molar-refractivity contribution in [2.75, 3.05) is 6.54 Å². The maximum absolute atomic E-state index is 13.2. The number of benzene rings is 1. The van der Waals surface area contributed by atoms with Gasteiger partial charge in [-0.1, -0.05) is 6.07 Å². The number of nitrogens with zero attached hydrogens (tertiary/aromatic N) is 2. The van der Waals surface area contributed by atoms with E-state index in [-0.39, 0.29) is 12.3 Å². The maximum atomic E-state index is 13.2. The quantitative estimate of drug-likeness (QED) is 0.881. The fraction of sp³-hybridized carbons (Fsp3) is 0.333. The molecule has 0 aliphatic heterocycles. The molecule has 0 fully saturated rings. The minimum atomic E-state index is -0.718. The Morgan fingerprint density at radius 3 is 2.81 bits per heavy atom. The van der Waals surface area contributed by atoms with Gasteiger partial charge in [-0.2, -0.15) is 0 Å². The second kappa shape index (κ2) is 6.39. The lowest BCUT2D eigenvalue weighted by molar-refractivity contribution is -0.120. The normalized spacial score (nSPS) is 10.6. The number of aryl methyl sites for hydroxylation is 1. The highest BCUT2D eigenvalue weighted by atomic mass is 19.1. The maximum Gasteiger partial charge on any atom is 0.224 e. The molecular formula is C15H18FN3O2. The third-order valence-corrected chi connectivity index (χ3v) is 3.40. The standard InChI is InChI=1S/C15H18FN3O2/c1-10-11(2)19(9-18-10)6-5-17-15(21)8-12-3-4-14(20)13(16)7-12/h3-4,7,9,20H,5-6,8H2,1-2H3,(H,17,21). The first-order valence-corrected chi connectivity index (χ1v) is 6.70. The summed E-state index contributed by atoms with van der Waals surface area (Å²) in [5, 5.41) is 11.9. The summed E-state index contributed by atoms with van der Waals surface area (Å²) in [6.45, 7) is 5.03. The van der Waals surface area contributed by atoms with Gasteiger partial charge in [-0.25, -0.2) is 9.37 Å². The van der Waals surface area contributed by atoms with Crippen LogP contribution in [0.5, 0.6) is 5.75 Å². The average molecular weight is 291 g/mol. The van der Waals surface area contributed by atoms with Crippen LogP contribution in [-0.2, 0) is 17.8 Å². The number of aromatic nitrogens is 2. The highest BCUT2D eigenvalue weighted by Crippen LogP contribution is 2.16. The van der Waals surface area contributed by atoms with Crippen molar-refractivity contribution in [3.63, 3.8) is 0 Å². The molecule has 1 amide bonds. The topological polar surface area (TPSA) is 67.2 Å². The molecule has 1 heterocycles. The Balaban J connectivity index is 1.82. The second-order valence-electron chi connectivity index (χ2n) is 4.92. The Morgan fingerprint density at radius 1 is 1.43 bits per heavy atom. The first-order chi connectivity index (χ1) is 9.97. The number of hydrogen-bond donors (Lipinski definition) is 2. The summed E-state index contributed by atoms with van der Waals surface area (Å²) in [6, 6.07) is 3.94. The van der Waals surface area contributed by atoms with Crippen LogP contribution in [0.15, 0.2) is 24.5 Å². The number of phenols is 1. The van der Waals surface area contributed by atoms with Crippen LogP contribution in [0.2, 0.25) is 0 Å². The molecule has 0 spiro atoms. The van der Waals surface area contributed by atoms with Gasteiger partial charge in [0.05, 0.1) is 18.4 Å². The average Bonchev–Trinajstić information content (AvgIpc) is 2.75. The molecule has 6 heteroatoms. The first kappa shape index (κ1) is 15.0. The van der Waals surface area contributed by atoms with Crippen LogP contribution in [0.25, 0.3) is 0 Å². The van der Waals surface area contributed by atoms with Crippen LogP contribution in [0.3, 0.4) is 0 Å². The minimum Gasteiger partial charge on any atom is -0.505 e. The number of carbonyl (C=O) groups is 1. The van der Waals surface area contributed by atoms with Crippen LogP contribution in [-0.4, -0.2) is 27.1 Å². The lowest BCUT2D eigenvalue weighted by atomic mass is 10.1. The van der Waals surface area contributed by atoms with Gasteiger partial charge >= 0.3 is 0 Å². The summed E-state index contributed by atoms with van der Waals surface area (Å²) >= 11 is 0. The van der Waals surface area contributed by atoms with Crippen molar-refractivity contribution in [3.05, 3.63) is 47.3 Å². The summed E-state index contributed by atoms with van der Waals surface area (Å²) in [4.78, 5) is 16.0. The molecule has 112 valence electrons. The molecule has 0 unspecified atom stereocenters. The highest BCUT2D eigenvalue weighted by Gasteiger charge is 2.07. The molecule has 1 aromatic heterocycles. The number of aromatic hydroxyl groups is 1. The third kappa shape index (κ3) is 3.81. The van der Waals surface area contributed by atoms with Gasteiger partial charge in [-0.15, -0.1) is 0 Å². The number of amides is 1. The van der Waals surface area contributed by atoms with Gasteiger partial charge in [0, 0.05) is 18.8 Å². The summed E-state index contributed by atoms with van der Waals surface area (Å²) in [7, 11) is 0. The van der Waals surface area contributed by atoms with Gasteiger partial charge in [-0.05, 0) is 31.5 Å². The number of carbonyl (C=O) groups excluding carboxylic acids is 1. The summed E-state index contributed by atoms with van der Waals surface area (Å²) in [5.74, 6) is -1.32. The van der Waals surface area contributed by atoms with E-state index in [0.29, 0.717) is 18.7 Å². The van der Waals surface area contributed by atoms with Gasteiger partial charge in [0.25, 0.3) is 0 Å². The van der Waals surface area contributed by atoms with E-state index in [1.54, 1.807) is 6.33 Å². The van der Waals surface area contributed by atoms with E-state index >= 15 is 0 Å². The summed E-state index contributed by atoms with van der Waals surface area (Å²) in [6.07, 6.45) is 1.82. The molecule has 0 radical (unpaired) electrons. The van der Waals surface area contributed by atoms with Crippen molar-refractivity contribution < 1.29 is 14.3 Å². The van der Waals surface area contributed by atoms with Crippen LogP contribution >= 0.6 is 0 Å². The molecule has 21 heavy (non-hydrogen) atoms. The van der Waals surface area contributed by atoms with Crippen molar-refractivity contribution in [2.45, 2.75) is 26.8 Å². The van der Waals surface area contributed by atoms with Crippen molar-refractivity contribution in [2.24, 2.45) is 0 Å². The molecule has 0 aliphatic rings. The van der Waals surface area contributed by atoms with Crippen molar-refractivity contribution >= 4 is 5.91 Å². The molecule has 2 rings (SSSR count). The Labute approximate surface area is 122 Å². The molecule has 5 nitrogen and oxygen atoms in total. The Morgan fingerprint density at radius 2 is 2.19 bits per heavy atom. The monoisotopic (exact) mass is 291 g/mol. The molecule has 2 aromatic rings. The molecule has 0 saturated carbocycles. The predicted octanol–water partition coefficient (Wildman–Crippen LogP) is 1.70. The van der Waals surface area contributed by atoms with Crippen LogP contribution in [0, 0.1) is 19.7 Å². The molecular weight excluding hydrogens is 273 g/mol. The van der Waals surface area contributed by atoms with E-state index in [0.717, 1.165) is 17.5 Å². The largest absolute Gasteiger partial charge is 0.505 e. The number of phenolic OH excluding ortho intramolecular Hbond substituents is 1. The highest BCUT2D eigenvalue weighted by molar-refractivity contribution is 5.78. The Kier molecular flexibility index (Phi) is 4.57. The fourth-order valence-corrected chi connectivity index (χ4v) is 1.99. The fourth-order valence-electron chi connectivity index (χ4n) is 1.99. The number of rotatable bonds is 5. The molecule has 2 N–H and O–H groups in total.